The Hall–Kier alpha value is -0.345. The van der Waals surface area contributed by atoms with Crippen LogP contribution in [0.5, 0.6) is 0 Å². The summed E-state index contributed by atoms with van der Waals surface area (Å²) in [5.74, 6) is -0.0834. The van der Waals surface area contributed by atoms with Gasteiger partial charge < -0.3 is 14.6 Å². The Morgan fingerprint density at radius 1 is 1.73 bits per heavy atom. The van der Waals surface area contributed by atoms with Gasteiger partial charge in [0, 0.05) is 18.3 Å². The summed E-state index contributed by atoms with van der Waals surface area (Å²) in [5, 5.41) is 9.40. The number of rotatable bonds is 2. The lowest BCUT2D eigenvalue weighted by Crippen LogP contribution is -2.25. The lowest BCUT2D eigenvalue weighted by Gasteiger charge is -2.11. The van der Waals surface area contributed by atoms with E-state index < -0.39 is 18.2 Å². The van der Waals surface area contributed by atoms with E-state index >= 15 is 0 Å². The molecule has 1 heterocycles. The van der Waals surface area contributed by atoms with Crippen LogP contribution in [0, 0.1) is 5.92 Å². The summed E-state index contributed by atoms with van der Waals surface area (Å²) >= 11 is 0. The minimum absolute atomic E-state index is 0.0834. The lowest BCUT2D eigenvalue weighted by molar-refractivity contribution is -0.111. The number of aliphatic hydroxyl groups is 1. The number of hydrogen-bond acceptors (Lipinski definition) is 3. The zero-order chi connectivity index (χ0) is 8.43. The third-order valence-electron chi connectivity index (χ3n) is 2.10. The van der Waals surface area contributed by atoms with Crippen molar-refractivity contribution in [2.45, 2.75) is 31.6 Å². The predicted octanol–water partition coefficient (Wildman–Crippen LogP) is -0.534. The van der Waals surface area contributed by atoms with Gasteiger partial charge in [0.15, 0.2) is 0 Å². The first kappa shape index (κ1) is 8.75. The number of ether oxygens (including phenoxy) is 1. The number of aldehydes is 1. The predicted molar refractivity (Wildman–Crippen MR) is 40.3 cm³/mol. The third-order valence-corrected chi connectivity index (χ3v) is 2.10. The fourth-order valence-electron chi connectivity index (χ4n) is 1.23. The second-order valence-electron chi connectivity index (χ2n) is 2.89. The van der Waals surface area contributed by atoms with E-state index in [-0.39, 0.29) is 12.3 Å². The maximum absolute atomic E-state index is 10.1. The molecule has 1 saturated heterocycles. The summed E-state index contributed by atoms with van der Waals surface area (Å²) < 4.78 is 5.12. The lowest BCUT2D eigenvalue weighted by atomic mass is 9.86. The molecular formula is C7H11BO3. The molecule has 0 aromatic rings. The second kappa shape index (κ2) is 3.37. The quantitative estimate of drug-likeness (QED) is 0.429. The van der Waals surface area contributed by atoms with Crippen LogP contribution in [0.2, 0.25) is 0 Å². The SMILES string of the molecule is [B]C1OC(CC=O)C(O)C1C. The van der Waals surface area contributed by atoms with Crippen LogP contribution in [0.15, 0.2) is 0 Å². The van der Waals surface area contributed by atoms with E-state index in [1.165, 1.54) is 0 Å². The van der Waals surface area contributed by atoms with Crippen molar-refractivity contribution in [2.75, 3.05) is 0 Å². The zero-order valence-corrected chi connectivity index (χ0v) is 6.43. The molecule has 11 heavy (non-hydrogen) atoms. The van der Waals surface area contributed by atoms with Crippen LogP contribution >= 0.6 is 0 Å². The van der Waals surface area contributed by atoms with Gasteiger partial charge in [-0.2, -0.15) is 0 Å². The van der Waals surface area contributed by atoms with Crippen LogP contribution in [0.3, 0.4) is 0 Å². The van der Waals surface area contributed by atoms with Gasteiger partial charge in [-0.3, -0.25) is 0 Å². The number of hydrogen-bond donors (Lipinski definition) is 1. The molecule has 0 bridgehead atoms. The number of carbonyl (C=O) groups is 1. The molecule has 1 fully saturated rings. The molecule has 1 N–H and O–H groups in total. The zero-order valence-electron chi connectivity index (χ0n) is 6.43. The highest BCUT2D eigenvalue weighted by molar-refractivity contribution is 6.11. The average Bonchev–Trinajstić information content (AvgIpc) is 2.19. The summed E-state index contributed by atoms with van der Waals surface area (Å²) in [6.07, 6.45) is -0.0506. The highest BCUT2D eigenvalue weighted by Gasteiger charge is 2.37. The van der Waals surface area contributed by atoms with Gasteiger partial charge >= 0.3 is 0 Å². The maximum Gasteiger partial charge on any atom is 0.122 e. The average molecular weight is 154 g/mol. The van der Waals surface area contributed by atoms with Crippen molar-refractivity contribution < 1.29 is 14.6 Å². The monoisotopic (exact) mass is 154 g/mol. The molecule has 0 amide bonds. The fraction of sp³-hybridized carbons (Fsp3) is 0.857. The van der Waals surface area contributed by atoms with Crippen molar-refractivity contribution in [3.63, 3.8) is 0 Å². The molecule has 60 valence electrons. The van der Waals surface area contributed by atoms with Crippen molar-refractivity contribution in [3.05, 3.63) is 0 Å². The topological polar surface area (TPSA) is 46.5 Å². The van der Waals surface area contributed by atoms with E-state index in [0.29, 0.717) is 0 Å². The normalized spacial score (nSPS) is 44.2. The molecular weight excluding hydrogens is 143 g/mol. The van der Waals surface area contributed by atoms with Crippen LogP contribution in [0.1, 0.15) is 13.3 Å². The largest absolute Gasteiger partial charge is 0.390 e. The van der Waals surface area contributed by atoms with Gasteiger partial charge in [0.05, 0.1) is 12.2 Å². The summed E-state index contributed by atoms with van der Waals surface area (Å²) in [5.41, 5.74) is 0. The Morgan fingerprint density at radius 3 is 2.73 bits per heavy atom. The molecule has 0 saturated carbocycles. The maximum atomic E-state index is 10.1. The van der Waals surface area contributed by atoms with Crippen molar-refractivity contribution >= 4 is 14.1 Å². The Morgan fingerprint density at radius 2 is 2.36 bits per heavy atom. The Balaban J connectivity index is 2.51. The molecule has 4 heteroatoms. The minimum atomic E-state index is -0.602. The van der Waals surface area contributed by atoms with Crippen LogP contribution in [-0.2, 0) is 9.53 Å². The fourth-order valence-corrected chi connectivity index (χ4v) is 1.23. The van der Waals surface area contributed by atoms with E-state index in [2.05, 4.69) is 0 Å². The smallest absolute Gasteiger partial charge is 0.122 e. The molecule has 1 rings (SSSR count). The van der Waals surface area contributed by atoms with Gasteiger partial charge in [-0.25, -0.2) is 0 Å². The summed E-state index contributed by atoms with van der Waals surface area (Å²) in [7, 11) is 5.49. The van der Waals surface area contributed by atoms with Crippen LogP contribution in [-0.4, -0.2) is 37.5 Å². The second-order valence-corrected chi connectivity index (χ2v) is 2.89. The van der Waals surface area contributed by atoms with Gasteiger partial charge in [-0.05, 0) is 0 Å². The summed E-state index contributed by atoms with van der Waals surface area (Å²) in [6.45, 7) is 1.81. The van der Waals surface area contributed by atoms with E-state index in [0.717, 1.165) is 6.29 Å². The van der Waals surface area contributed by atoms with Crippen molar-refractivity contribution in [1.29, 1.82) is 0 Å². The Kier molecular flexibility index (Phi) is 2.68. The molecule has 0 spiro atoms. The third kappa shape index (κ3) is 1.63. The Labute approximate surface area is 67.1 Å². The summed E-state index contributed by atoms with van der Waals surface area (Å²) in [6, 6.07) is -0.435. The van der Waals surface area contributed by atoms with E-state index in [9.17, 15) is 9.90 Å². The molecule has 0 aromatic carbocycles. The highest BCUT2D eigenvalue weighted by atomic mass is 16.5. The first-order valence-electron chi connectivity index (χ1n) is 3.69. The standard InChI is InChI=1S/C7H11BO3/c1-4-6(10)5(2-3-9)11-7(4)8/h3-7,10H,2H2,1H3. The van der Waals surface area contributed by atoms with Gasteiger partial charge in [0.1, 0.15) is 14.1 Å². The Bertz CT molecular complexity index is 151. The highest BCUT2D eigenvalue weighted by Crippen LogP contribution is 2.25. The van der Waals surface area contributed by atoms with Crippen molar-refractivity contribution in [2.24, 2.45) is 5.92 Å². The molecule has 0 aliphatic carbocycles. The molecule has 1 aliphatic rings. The first-order valence-corrected chi connectivity index (χ1v) is 3.69. The van der Waals surface area contributed by atoms with E-state index in [1.54, 1.807) is 6.92 Å². The molecule has 0 aromatic heterocycles. The van der Waals surface area contributed by atoms with Crippen molar-refractivity contribution in [1.82, 2.24) is 0 Å². The summed E-state index contributed by atoms with van der Waals surface area (Å²) in [4.78, 5) is 10.1. The van der Waals surface area contributed by atoms with Gasteiger partial charge in [-0.15, -0.1) is 0 Å². The molecule has 2 radical (unpaired) electrons. The minimum Gasteiger partial charge on any atom is -0.390 e. The van der Waals surface area contributed by atoms with Gasteiger partial charge in [-0.1, -0.05) is 6.92 Å². The van der Waals surface area contributed by atoms with Crippen LogP contribution in [0.25, 0.3) is 0 Å². The van der Waals surface area contributed by atoms with Gasteiger partial charge in [0.2, 0.25) is 0 Å². The van der Waals surface area contributed by atoms with Crippen LogP contribution in [0.4, 0.5) is 0 Å². The molecule has 3 nitrogen and oxygen atoms in total. The molecule has 4 atom stereocenters. The first-order chi connectivity index (χ1) is 5.16. The number of carbonyl (C=O) groups excluding carboxylic acids is 1. The molecule has 1 aliphatic heterocycles. The van der Waals surface area contributed by atoms with E-state index in [4.69, 9.17) is 12.6 Å². The van der Waals surface area contributed by atoms with E-state index in [1.807, 2.05) is 0 Å². The molecule has 4 unspecified atom stereocenters. The van der Waals surface area contributed by atoms with Gasteiger partial charge in [0.25, 0.3) is 0 Å². The number of aliphatic hydroxyl groups excluding tert-OH is 1. The van der Waals surface area contributed by atoms with Crippen molar-refractivity contribution in [3.8, 4) is 0 Å². The van der Waals surface area contributed by atoms with Crippen LogP contribution < -0.4 is 0 Å².